The van der Waals surface area contributed by atoms with Crippen molar-refractivity contribution < 1.29 is 19.1 Å². The Labute approximate surface area is 162 Å². The Balaban J connectivity index is 1.81. The monoisotopic (exact) mass is 395 g/mol. The average Bonchev–Trinajstić information content (AvgIpc) is 2.60. The van der Waals surface area contributed by atoms with Gasteiger partial charge in [0.05, 0.1) is 6.04 Å². The first-order valence-corrected chi connectivity index (χ1v) is 8.75. The van der Waals surface area contributed by atoms with E-state index in [4.69, 9.17) is 32.7 Å². The summed E-state index contributed by atoms with van der Waals surface area (Å²) >= 11 is 12.0. The highest BCUT2D eigenvalue weighted by atomic mass is 35.5. The zero-order valence-corrected chi connectivity index (χ0v) is 15.9. The molecule has 2 rings (SSSR count). The first-order valence-electron chi connectivity index (χ1n) is 7.99. The molecule has 0 saturated heterocycles. The van der Waals surface area contributed by atoms with Crippen LogP contribution in [0.2, 0.25) is 10.0 Å². The van der Waals surface area contributed by atoms with Crippen LogP contribution in [0.25, 0.3) is 0 Å². The van der Waals surface area contributed by atoms with Crippen LogP contribution in [0.4, 0.5) is 0 Å². The number of ether oxygens (including phenoxy) is 2. The molecule has 0 aromatic heterocycles. The molecule has 0 aliphatic heterocycles. The Kier molecular flexibility index (Phi) is 7.30. The maximum atomic E-state index is 12.0. The molecule has 0 aliphatic rings. The molecule has 1 amide bonds. The van der Waals surface area contributed by atoms with E-state index in [1.54, 1.807) is 56.3 Å². The average molecular weight is 396 g/mol. The second-order valence-corrected chi connectivity index (χ2v) is 6.48. The summed E-state index contributed by atoms with van der Waals surface area (Å²) in [4.78, 5) is 23.9. The maximum Gasteiger partial charge on any atom is 0.347 e. The smallest absolute Gasteiger partial charge is 0.347 e. The van der Waals surface area contributed by atoms with E-state index in [1.807, 2.05) is 6.07 Å². The lowest BCUT2D eigenvalue weighted by atomic mass is 10.1. The fraction of sp³-hybridized carbons (Fsp3) is 0.263. The van der Waals surface area contributed by atoms with Crippen LogP contribution in [-0.4, -0.2) is 24.6 Å². The number of carbonyl (C=O) groups is 2. The Bertz CT molecular complexity index is 767. The summed E-state index contributed by atoms with van der Waals surface area (Å²) in [6.45, 7) is 2.93. The van der Waals surface area contributed by atoms with Gasteiger partial charge in [-0.2, -0.15) is 0 Å². The van der Waals surface area contributed by atoms with Gasteiger partial charge in [-0.1, -0.05) is 47.5 Å². The number of amides is 1. The third-order valence-electron chi connectivity index (χ3n) is 3.54. The highest BCUT2D eigenvalue weighted by Gasteiger charge is 2.19. The van der Waals surface area contributed by atoms with Gasteiger partial charge in [-0.05, 0) is 43.7 Å². The number of benzene rings is 2. The molecule has 0 spiro atoms. The van der Waals surface area contributed by atoms with Gasteiger partial charge in [0.1, 0.15) is 5.75 Å². The van der Waals surface area contributed by atoms with Gasteiger partial charge in [0.25, 0.3) is 5.91 Å². The number of rotatable bonds is 7. The van der Waals surface area contributed by atoms with Crippen molar-refractivity contribution in [3.05, 3.63) is 64.1 Å². The number of nitrogens with one attached hydrogen (secondary N) is 1. The highest BCUT2D eigenvalue weighted by molar-refractivity contribution is 6.35. The Morgan fingerprint density at radius 2 is 1.77 bits per heavy atom. The predicted molar refractivity (Wildman–Crippen MR) is 101 cm³/mol. The van der Waals surface area contributed by atoms with Crippen LogP contribution in [0.5, 0.6) is 5.75 Å². The molecule has 26 heavy (non-hydrogen) atoms. The molecule has 0 saturated carbocycles. The number of hydrogen-bond acceptors (Lipinski definition) is 4. The van der Waals surface area contributed by atoms with Crippen molar-refractivity contribution in [2.75, 3.05) is 6.61 Å². The standard InChI is InChI=1S/C19H19Cl2NO4/c1-12(16-9-8-14(20)10-17(16)21)22-18(23)11-25-19(24)13(2)26-15-6-4-3-5-7-15/h3-10,12-13H,11H2,1-2H3,(H,22,23)/t12-,13+/m1/s1. The van der Waals surface area contributed by atoms with E-state index in [-0.39, 0.29) is 6.04 Å². The molecule has 5 nitrogen and oxygen atoms in total. The summed E-state index contributed by atoms with van der Waals surface area (Å²) in [5.41, 5.74) is 0.719. The van der Waals surface area contributed by atoms with Crippen molar-refractivity contribution in [3.8, 4) is 5.75 Å². The summed E-state index contributed by atoms with van der Waals surface area (Å²) in [5, 5.41) is 3.68. The fourth-order valence-corrected chi connectivity index (χ4v) is 2.79. The van der Waals surface area contributed by atoms with E-state index in [0.29, 0.717) is 15.8 Å². The molecule has 138 valence electrons. The number of para-hydroxylation sites is 1. The van der Waals surface area contributed by atoms with Crippen LogP contribution in [-0.2, 0) is 14.3 Å². The molecule has 0 bridgehead atoms. The largest absolute Gasteiger partial charge is 0.479 e. The van der Waals surface area contributed by atoms with Crippen LogP contribution >= 0.6 is 23.2 Å². The number of carbonyl (C=O) groups excluding carboxylic acids is 2. The molecule has 2 aromatic rings. The first-order chi connectivity index (χ1) is 12.4. The van der Waals surface area contributed by atoms with Crippen molar-refractivity contribution in [1.82, 2.24) is 5.32 Å². The van der Waals surface area contributed by atoms with Crippen LogP contribution in [0.15, 0.2) is 48.5 Å². The normalized spacial score (nSPS) is 12.8. The summed E-state index contributed by atoms with van der Waals surface area (Å²) in [5.74, 6) is -0.516. The minimum atomic E-state index is -0.826. The van der Waals surface area contributed by atoms with E-state index in [1.165, 1.54) is 0 Å². The predicted octanol–water partition coefficient (Wildman–Crippen LogP) is 4.18. The summed E-state index contributed by atoms with van der Waals surface area (Å²) in [7, 11) is 0. The molecule has 2 aromatic carbocycles. The van der Waals surface area contributed by atoms with Crippen molar-refractivity contribution in [2.24, 2.45) is 0 Å². The van der Waals surface area contributed by atoms with Crippen molar-refractivity contribution in [2.45, 2.75) is 26.0 Å². The van der Waals surface area contributed by atoms with Gasteiger partial charge in [-0.15, -0.1) is 0 Å². The van der Waals surface area contributed by atoms with Gasteiger partial charge >= 0.3 is 5.97 Å². The number of esters is 1. The third kappa shape index (κ3) is 5.93. The van der Waals surface area contributed by atoms with E-state index in [2.05, 4.69) is 5.32 Å². The van der Waals surface area contributed by atoms with Crippen molar-refractivity contribution in [1.29, 1.82) is 0 Å². The Hall–Kier alpha value is -2.24. The quantitative estimate of drug-likeness (QED) is 0.714. The third-order valence-corrected chi connectivity index (χ3v) is 4.10. The van der Waals surface area contributed by atoms with E-state index in [9.17, 15) is 9.59 Å². The van der Waals surface area contributed by atoms with E-state index >= 15 is 0 Å². The van der Waals surface area contributed by atoms with Gasteiger partial charge in [0, 0.05) is 10.0 Å². The van der Waals surface area contributed by atoms with Crippen LogP contribution < -0.4 is 10.1 Å². The summed E-state index contributed by atoms with van der Waals surface area (Å²) in [6, 6.07) is 13.6. The van der Waals surface area contributed by atoms with Crippen LogP contribution in [0.3, 0.4) is 0 Å². The van der Waals surface area contributed by atoms with Gasteiger partial charge in [-0.3, -0.25) is 4.79 Å². The molecule has 0 radical (unpaired) electrons. The number of hydrogen-bond donors (Lipinski definition) is 1. The van der Waals surface area contributed by atoms with Crippen molar-refractivity contribution in [3.63, 3.8) is 0 Å². The molecule has 0 heterocycles. The summed E-state index contributed by atoms with van der Waals surface area (Å²) < 4.78 is 10.4. The number of halogens is 2. The second kappa shape index (κ2) is 9.46. The van der Waals surface area contributed by atoms with Gasteiger partial charge in [0.2, 0.25) is 0 Å². The Morgan fingerprint density at radius 3 is 2.42 bits per heavy atom. The second-order valence-electron chi connectivity index (χ2n) is 5.64. The molecular formula is C19H19Cl2NO4. The first kappa shape index (κ1) is 20.1. The minimum Gasteiger partial charge on any atom is -0.479 e. The van der Waals surface area contributed by atoms with Crippen LogP contribution in [0, 0.1) is 0 Å². The summed E-state index contributed by atoms with van der Waals surface area (Å²) in [6.07, 6.45) is -0.826. The molecular weight excluding hydrogens is 377 g/mol. The lowest BCUT2D eigenvalue weighted by Gasteiger charge is -2.17. The SMILES string of the molecule is C[C@H](Oc1ccccc1)C(=O)OCC(=O)N[C@H](C)c1ccc(Cl)cc1Cl. The molecule has 1 N–H and O–H groups in total. The molecule has 2 atom stereocenters. The van der Waals surface area contributed by atoms with Crippen LogP contribution in [0.1, 0.15) is 25.5 Å². The van der Waals surface area contributed by atoms with Gasteiger partial charge < -0.3 is 14.8 Å². The highest BCUT2D eigenvalue weighted by Crippen LogP contribution is 2.26. The van der Waals surface area contributed by atoms with Gasteiger partial charge in [0.15, 0.2) is 12.7 Å². The maximum absolute atomic E-state index is 12.0. The zero-order chi connectivity index (χ0) is 19.1. The molecule has 0 aliphatic carbocycles. The lowest BCUT2D eigenvalue weighted by molar-refractivity contribution is -0.154. The van der Waals surface area contributed by atoms with E-state index in [0.717, 1.165) is 5.56 Å². The topological polar surface area (TPSA) is 64.6 Å². The minimum absolute atomic E-state index is 0.357. The fourth-order valence-electron chi connectivity index (χ4n) is 2.22. The molecule has 0 fully saturated rings. The lowest BCUT2D eigenvalue weighted by Crippen LogP contribution is -2.34. The van der Waals surface area contributed by atoms with Crippen molar-refractivity contribution >= 4 is 35.1 Å². The molecule has 7 heteroatoms. The van der Waals surface area contributed by atoms with Gasteiger partial charge in [-0.25, -0.2) is 4.79 Å². The Morgan fingerprint density at radius 1 is 1.08 bits per heavy atom. The zero-order valence-electron chi connectivity index (χ0n) is 14.4. The van der Waals surface area contributed by atoms with E-state index < -0.39 is 24.6 Å². The molecule has 0 unspecified atom stereocenters.